The summed E-state index contributed by atoms with van der Waals surface area (Å²) < 4.78 is 23.9. The first-order valence-electron chi connectivity index (χ1n) is 8.36. The Balaban J connectivity index is 2.04. The van der Waals surface area contributed by atoms with E-state index in [0.29, 0.717) is 22.8 Å². The lowest BCUT2D eigenvalue weighted by Crippen LogP contribution is -2.41. The van der Waals surface area contributed by atoms with Crippen LogP contribution in [0.3, 0.4) is 0 Å². The van der Waals surface area contributed by atoms with Gasteiger partial charge in [0.15, 0.2) is 0 Å². The molecule has 1 aromatic heterocycles. The first kappa shape index (κ1) is 18.5. The van der Waals surface area contributed by atoms with Crippen LogP contribution < -0.4 is 20.6 Å². The smallest absolute Gasteiger partial charge is 0.497 e. The van der Waals surface area contributed by atoms with Crippen LogP contribution in [-0.4, -0.2) is 42.3 Å². The largest absolute Gasteiger partial charge is 0.516 e. The Morgan fingerprint density at radius 3 is 2.00 bits per heavy atom. The highest BCUT2D eigenvalue weighted by Gasteiger charge is 2.52. The predicted molar refractivity (Wildman–Crippen MR) is 98.7 cm³/mol. The van der Waals surface area contributed by atoms with Crippen LogP contribution in [0, 0.1) is 0 Å². The maximum Gasteiger partial charge on any atom is 0.516 e. The maximum absolute atomic E-state index is 12.4. The molecule has 2 heterocycles. The second-order valence-electron chi connectivity index (χ2n) is 7.17. The van der Waals surface area contributed by atoms with E-state index in [1.807, 2.05) is 27.7 Å². The van der Waals surface area contributed by atoms with Gasteiger partial charge in [-0.1, -0.05) is 0 Å². The third-order valence-corrected chi connectivity index (χ3v) is 4.90. The number of ether oxygens (including phenoxy) is 2. The molecule has 7 nitrogen and oxygen atoms in total. The van der Waals surface area contributed by atoms with Crippen molar-refractivity contribution in [3.8, 4) is 17.2 Å². The molecule has 0 N–H and O–H groups in total. The van der Waals surface area contributed by atoms with E-state index in [2.05, 4.69) is 5.10 Å². The van der Waals surface area contributed by atoms with Crippen molar-refractivity contribution in [1.29, 1.82) is 0 Å². The molecule has 0 saturated carbocycles. The summed E-state index contributed by atoms with van der Waals surface area (Å²) in [5.74, 6) is 1.13. The van der Waals surface area contributed by atoms with E-state index >= 15 is 0 Å². The van der Waals surface area contributed by atoms with Crippen molar-refractivity contribution < 1.29 is 18.8 Å². The van der Waals surface area contributed by atoms with Gasteiger partial charge in [0, 0.05) is 24.3 Å². The summed E-state index contributed by atoms with van der Waals surface area (Å²) in [6, 6.07) is 8.22. The molecule has 0 aliphatic carbocycles. The van der Waals surface area contributed by atoms with E-state index < -0.39 is 18.3 Å². The summed E-state index contributed by atoms with van der Waals surface area (Å²) in [4.78, 5) is 12.4. The molecule has 26 heavy (non-hydrogen) atoms. The first-order valence-corrected chi connectivity index (χ1v) is 8.36. The molecule has 0 amide bonds. The summed E-state index contributed by atoms with van der Waals surface area (Å²) >= 11 is 0. The van der Waals surface area contributed by atoms with Gasteiger partial charge >= 0.3 is 7.12 Å². The maximum atomic E-state index is 12.4. The minimum atomic E-state index is -0.653. The topological polar surface area (TPSA) is 71.8 Å². The van der Waals surface area contributed by atoms with Gasteiger partial charge < -0.3 is 18.8 Å². The third kappa shape index (κ3) is 3.22. The molecule has 0 spiro atoms. The average molecular weight is 358 g/mol. The number of benzene rings is 1. The Kier molecular flexibility index (Phi) is 4.58. The van der Waals surface area contributed by atoms with Gasteiger partial charge in [0.1, 0.15) is 11.5 Å². The predicted octanol–water partition coefficient (Wildman–Crippen LogP) is 1.55. The molecular formula is C18H23BN2O5. The van der Waals surface area contributed by atoms with Crippen LogP contribution in [0.2, 0.25) is 0 Å². The summed E-state index contributed by atoms with van der Waals surface area (Å²) in [7, 11) is 2.45. The molecule has 1 aliphatic rings. The Bertz CT molecular complexity index is 840. The van der Waals surface area contributed by atoms with E-state index in [-0.39, 0.29) is 5.56 Å². The Hall–Kier alpha value is -2.32. The molecule has 1 aliphatic heterocycles. The number of hydrogen-bond acceptors (Lipinski definition) is 6. The second-order valence-corrected chi connectivity index (χ2v) is 7.17. The quantitative estimate of drug-likeness (QED) is 0.773. The van der Waals surface area contributed by atoms with Crippen LogP contribution >= 0.6 is 0 Å². The highest BCUT2D eigenvalue weighted by atomic mass is 16.7. The third-order valence-electron chi connectivity index (χ3n) is 4.90. The minimum absolute atomic E-state index is 0.277. The molecule has 0 unspecified atom stereocenters. The van der Waals surface area contributed by atoms with Gasteiger partial charge in [-0.25, -0.2) is 0 Å². The highest BCUT2D eigenvalue weighted by molar-refractivity contribution is 6.61. The van der Waals surface area contributed by atoms with Gasteiger partial charge in [-0.15, -0.1) is 0 Å². The van der Waals surface area contributed by atoms with Crippen LogP contribution in [0.5, 0.6) is 11.5 Å². The normalized spacial score (nSPS) is 18.0. The summed E-state index contributed by atoms with van der Waals surface area (Å²) in [5.41, 5.74) is -0.200. The molecule has 138 valence electrons. The molecular weight excluding hydrogens is 335 g/mol. The Morgan fingerprint density at radius 2 is 1.50 bits per heavy atom. The van der Waals surface area contributed by atoms with Gasteiger partial charge in [0.25, 0.3) is 5.56 Å². The molecule has 3 rings (SSSR count). The van der Waals surface area contributed by atoms with E-state index in [0.717, 1.165) is 0 Å². The Labute approximate surface area is 153 Å². The van der Waals surface area contributed by atoms with E-state index in [9.17, 15) is 4.79 Å². The van der Waals surface area contributed by atoms with Gasteiger partial charge in [-0.05, 0) is 33.8 Å². The van der Waals surface area contributed by atoms with Crippen molar-refractivity contribution in [2.45, 2.75) is 38.9 Å². The molecule has 0 radical (unpaired) electrons. The molecule has 2 aromatic rings. The van der Waals surface area contributed by atoms with Crippen molar-refractivity contribution >= 4 is 12.7 Å². The summed E-state index contributed by atoms with van der Waals surface area (Å²) in [5, 5.41) is 4.45. The summed E-state index contributed by atoms with van der Waals surface area (Å²) in [6.07, 6.45) is 0. The fourth-order valence-corrected chi connectivity index (χ4v) is 2.61. The van der Waals surface area contributed by atoms with Crippen LogP contribution in [0.1, 0.15) is 27.7 Å². The molecule has 1 saturated heterocycles. The molecule has 1 fully saturated rings. The molecule has 0 atom stereocenters. The van der Waals surface area contributed by atoms with E-state index in [1.165, 1.54) is 10.7 Å². The van der Waals surface area contributed by atoms with Gasteiger partial charge in [-0.3, -0.25) is 4.79 Å². The van der Waals surface area contributed by atoms with Gasteiger partial charge in [0.05, 0.1) is 36.7 Å². The highest BCUT2D eigenvalue weighted by Crippen LogP contribution is 2.36. The van der Waals surface area contributed by atoms with Crippen LogP contribution in [0.25, 0.3) is 5.69 Å². The van der Waals surface area contributed by atoms with Crippen molar-refractivity contribution in [2.24, 2.45) is 0 Å². The molecule has 1 aromatic carbocycles. The SMILES string of the molecule is COc1cc(OC)cc(-n2nc(B3OC(C)(C)C(C)(C)O3)ccc2=O)c1. The fourth-order valence-electron chi connectivity index (χ4n) is 2.61. The first-order chi connectivity index (χ1) is 12.2. The van der Waals surface area contributed by atoms with E-state index in [1.54, 1.807) is 38.5 Å². The van der Waals surface area contributed by atoms with Gasteiger partial charge in [-0.2, -0.15) is 9.78 Å². The van der Waals surface area contributed by atoms with Crippen LogP contribution in [0.4, 0.5) is 0 Å². The van der Waals surface area contributed by atoms with Gasteiger partial charge in [0.2, 0.25) is 0 Å². The Morgan fingerprint density at radius 1 is 0.962 bits per heavy atom. The number of rotatable bonds is 4. The van der Waals surface area contributed by atoms with Crippen molar-refractivity contribution in [3.05, 3.63) is 40.7 Å². The monoisotopic (exact) mass is 358 g/mol. The standard InChI is InChI=1S/C18H23BN2O5/c1-17(2)18(3,4)26-19(25-17)15-7-8-16(22)21(20-15)12-9-13(23-5)11-14(10-12)24-6/h7-11H,1-6H3. The lowest BCUT2D eigenvalue weighted by molar-refractivity contribution is 0.00578. The zero-order valence-electron chi connectivity index (χ0n) is 15.9. The van der Waals surface area contributed by atoms with Crippen molar-refractivity contribution in [3.63, 3.8) is 0 Å². The minimum Gasteiger partial charge on any atom is -0.497 e. The molecule has 8 heteroatoms. The van der Waals surface area contributed by atoms with Crippen molar-refractivity contribution in [1.82, 2.24) is 9.78 Å². The number of hydrogen-bond donors (Lipinski definition) is 0. The lowest BCUT2D eigenvalue weighted by atomic mass is 9.85. The van der Waals surface area contributed by atoms with Crippen LogP contribution in [-0.2, 0) is 9.31 Å². The lowest BCUT2D eigenvalue weighted by Gasteiger charge is -2.32. The zero-order valence-corrected chi connectivity index (χ0v) is 15.9. The van der Waals surface area contributed by atoms with E-state index in [4.69, 9.17) is 18.8 Å². The number of aromatic nitrogens is 2. The second kappa shape index (κ2) is 6.44. The fraction of sp³-hybridized carbons (Fsp3) is 0.444. The number of nitrogens with zero attached hydrogens (tertiary/aromatic N) is 2. The zero-order chi connectivity index (χ0) is 19.1. The van der Waals surface area contributed by atoms with Crippen molar-refractivity contribution in [2.75, 3.05) is 14.2 Å². The van der Waals surface area contributed by atoms with Crippen LogP contribution in [0.15, 0.2) is 35.1 Å². The number of methoxy groups -OCH3 is 2. The summed E-state index contributed by atoms with van der Waals surface area (Å²) in [6.45, 7) is 7.87. The molecule has 0 bridgehead atoms. The average Bonchev–Trinajstić information content (AvgIpc) is 2.82.